The Bertz CT molecular complexity index is 751. The molecule has 4 rings (SSSR count). The van der Waals surface area contributed by atoms with Crippen molar-refractivity contribution in [1.29, 1.82) is 0 Å². The van der Waals surface area contributed by atoms with Crippen LogP contribution in [0.4, 0.5) is 0 Å². The highest BCUT2D eigenvalue weighted by atomic mass is 14.2. The number of hydrogen-bond donors (Lipinski definition) is 0. The second-order valence-electron chi connectivity index (χ2n) is 5.69. The summed E-state index contributed by atoms with van der Waals surface area (Å²) in [5.74, 6) is 0. The number of benzene rings is 2. The fraction of sp³-hybridized carbons (Fsp3) is 0.200. The van der Waals surface area contributed by atoms with E-state index in [0.717, 1.165) is 6.42 Å². The van der Waals surface area contributed by atoms with Crippen LogP contribution in [-0.4, -0.2) is 0 Å². The molecule has 0 amide bonds. The van der Waals surface area contributed by atoms with Crippen molar-refractivity contribution < 1.29 is 0 Å². The summed E-state index contributed by atoms with van der Waals surface area (Å²) < 4.78 is 0. The Morgan fingerprint density at radius 2 is 1.65 bits per heavy atom. The zero-order valence-electron chi connectivity index (χ0n) is 11.6. The molecule has 0 atom stereocenters. The summed E-state index contributed by atoms with van der Waals surface area (Å²) in [5.41, 5.74) is 6.04. The largest absolute Gasteiger partial charge is 0.0839 e. The van der Waals surface area contributed by atoms with Crippen LogP contribution in [0.25, 0.3) is 16.3 Å². The quantitative estimate of drug-likeness (QED) is 0.618. The van der Waals surface area contributed by atoms with Crippen molar-refractivity contribution in [3.8, 4) is 0 Å². The lowest BCUT2D eigenvalue weighted by atomic mass is 9.83. The van der Waals surface area contributed by atoms with Gasteiger partial charge in [0.25, 0.3) is 0 Å². The first-order chi connectivity index (χ1) is 9.92. The number of hydrogen-bond acceptors (Lipinski definition) is 0. The van der Waals surface area contributed by atoms with Gasteiger partial charge in [-0.1, -0.05) is 60.7 Å². The summed E-state index contributed by atoms with van der Waals surface area (Å²) >= 11 is 0. The molecule has 20 heavy (non-hydrogen) atoms. The lowest BCUT2D eigenvalue weighted by Gasteiger charge is -2.22. The van der Waals surface area contributed by atoms with E-state index in [1.165, 1.54) is 41.2 Å². The summed E-state index contributed by atoms with van der Waals surface area (Å²) in [6.45, 7) is 0. The average molecular weight is 258 g/mol. The zero-order chi connectivity index (χ0) is 13.4. The Morgan fingerprint density at radius 1 is 0.750 bits per heavy atom. The summed E-state index contributed by atoms with van der Waals surface area (Å²) in [7, 11) is 0. The van der Waals surface area contributed by atoms with E-state index >= 15 is 0 Å². The molecule has 0 spiro atoms. The third kappa shape index (κ3) is 1.92. The molecule has 0 saturated carbocycles. The maximum atomic E-state index is 2.45. The van der Waals surface area contributed by atoms with Crippen molar-refractivity contribution in [3.05, 3.63) is 77.4 Å². The molecule has 0 bridgehead atoms. The summed E-state index contributed by atoms with van der Waals surface area (Å²) in [6, 6.07) is 15.4. The summed E-state index contributed by atoms with van der Waals surface area (Å²) in [6.07, 6.45) is 11.9. The minimum Gasteiger partial charge on any atom is -0.0839 e. The third-order valence-corrected chi connectivity index (χ3v) is 4.46. The van der Waals surface area contributed by atoms with Gasteiger partial charge in [-0.15, -0.1) is 0 Å². The Labute approximate surface area is 120 Å². The van der Waals surface area contributed by atoms with E-state index in [-0.39, 0.29) is 0 Å². The second kappa shape index (κ2) is 4.79. The van der Waals surface area contributed by atoms with Crippen LogP contribution < -0.4 is 0 Å². The molecular weight excluding hydrogens is 240 g/mol. The van der Waals surface area contributed by atoms with Crippen molar-refractivity contribution in [3.63, 3.8) is 0 Å². The molecule has 0 fully saturated rings. The molecule has 0 unspecified atom stereocenters. The van der Waals surface area contributed by atoms with E-state index in [2.05, 4.69) is 60.7 Å². The van der Waals surface area contributed by atoms with E-state index in [1.807, 2.05) is 0 Å². The van der Waals surface area contributed by atoms with Gasteiger partial charge >= 0.3 is 0 Å². The Balaban J connectivity index is 1.86. The SMILES string of the molecule is C1=CC2=C(C=C(c3cccc4ccccc34)CC2)CC1. The highest BCUT2D eigenvalue weighted by molar-refractivity contribution is 5.94. The summed E-state index contributed by atoms with van der Waals surface area (Å²) in [5, 5.41) is 2.73. The van der Waals surface area contributed by atoms with Gasteiger partial charge in [-0.25, -0.2) is 0 Å². The van der Waals surface area contributed by atoms with Crippen LogP contribution in [0.2, 0.25) is 0 Å². The standard InChI is InChI=1S/C20H18/c1-2-8-17-14-18(13-12-15(17)6-1)20-11-5-9-16-7-3-4-10-19(16)20/h1,3-7,9-11,14H,2,8,12-13H2. The molecule has 2 aliphatic rings. The number of rotatable bonds is 1. The van der Waals surface area contributed by atoms with E-state index in [4.69, 9.17) is 0 Å². The first-order valence-electron chi connectivity index (χ1n) is 7.49. The first kappa shape index (κ1) is 11.7. The van der Waals surface area contributed by atoms with E-state index < -0.39 is 0 Å². The van der Waals surface area contributed by atoms with Gasteiger partial charge in [-0.05, 0) is 58.7 Å². The van der Waals surface area contributed by atoms with E-state index in [0.29, 0.717) is 0 Å². The molecule has 0 heterocycles. The predicted molar refractivity (Wildman–Crippen MR) is 86.6 cm³/mol. The van der Waals surface area contributed by atoms with Crippen LogP contribution in [0.15, 0.2) is 71.8 Å². The van der Waals surface area contributed by atoms with Crippen molar-refractivity contribution >= 4 is 16.3 Å². The molecule has 0 aromatic heterocycles. The smallest absolute Gasteiger partial charge is 0.0109 e. The summed E-state index contributed by atoms with van der Waals surface area (Å²) in [4.78, 5) is 0. The van der Waals surface area contributed by atoms with Crippen molar-refractivity contribution in [2.75, 3.05) is 0 Å². The van der Waals surface area contributed by atoms with Gasteiger partial charge in [0.2, 0.25) is 0 Å². The zero-order valence-corrected chi connectivity index (χ0v) is 11.6. The highest BCUT2D eigenvalue weighted by Gasteiger charge is 2.15. The van der Waals surface area contributed by atoms with Crippen LogP contribution in [0.5, 0.6) is 0 Å². The Hall–Kier alpha value is -2.08. The van der Waals surface area contributed by atoms with Crippen molar-refractivity contribution in [2.24, 2.45) is 0 Å². The van der Waals surface area contributed by atoms with Crippen LogP contribution in [-0.2, 0) is 0 Å². The Kier molecular flexibility index (Phi) is 2.81. The maximum Gasteiger partial charge on any atom is -0.0109 e. The normalized spacial score (nSPS) is 18.1. The molecule has 0 radical (unpaired) electrons. The highest BCUT2D eigenvalue weighted by Crippen LogP contribution is 2.37. The van der Waals surface area contributed by atoms with Crippen LogP contribution >= 0.6 is 0 Å². The molecule has 0 saturated heterocycles. The molecule has 0 N–H and O–H groups in total. The lowest BCUT2D eigenvalue weighted by Crippen LogP contribution is -2.01. The average Bonchev–Trinajstić information content (AvgIpc) is 2.54. The van der Waals surface area contributed by atoms with Crippen molar-refractivity contribution in [1.82, 2.24) is 0 Å². The van der Waals surface area contributed by atoms with Crippen LogP contribution in [0, 0.1) is 0 Å². The van der Waals surface area contributed by atoms with Gasteiger partial charge < -0.3 is 0 Å². The predicted octanol–water partition coefficient (Wildman–Crippen LogP) is 5.66. The Morgan fingerprint density at radius 3 is 2.65 bits per heavy atom. The number of allylic oxidation sites excluding steroid dienone is 6. The maximum absolute atomic E-state index is 2.45. The van der Waals surface area contributed by atoms with Crippen molar-refractivity contribution in [2.45, 2.75) is 25.7 Å². The topological polar surface area (TPSA) is 0 Å². The fourth-order valence-corrected chi connectivity index (χ4v) is 3.41. The molecule has 2 aliphatic carbocycles. The van der Waals surface area contributed by atoms with E-state index in [1.54, 1.807) is 11.1 Å². The van der Waals surface area contributed by atoms with Crippen LogP contribution in [0.3, 0.4) is 0 Å². The molecular formula is C20H18. The molecule has 0 nitrogen and oxygen atoms in total. The first-order valence-corrected chi connectivity index (χ1v) is 7.49. The van der Waals surface area contributed by atoms with E-state index in [9.17, 15) is 0 Å². The lowest BCUT2D eigenvalue weighted by molar-refractivity contribution is 0.894. The van der Waals surface area contributed by atoms with Gasteiger partial charge in [0.05, 0.1) is 0 Å². The molecule has 0 heteroatoms. The second-order valence-corrected chi connectivity index (χ2v) is 5.69. The molecule has 2 aromatic carbocycles. The van der Waals surface area contributed by atoms with Gasteiger partial charge in [0.1, 0.15) is 0 Å². The minimum atomic E-state index is 1.16. The molecule has 2 aromatic rings. The van der Waals surface area contributed by atoms with Gasteiger partial charge in [0.15, 0.2) is 0 Å². The fourth-order valence-electron chi connectivity index (χ4n) is 3.41. The van der Waals surface area contributed by atoms with Crippen LogP contribution in [0.1, 0.15) is 31.2 Å². The van der Waals surface area contributed by atoms with Gasteiger partial charge in [-0.2, -0.15) is 0 Å². The number of fused-ring (bicyclic) bond motifs is 1. The van der Waals surface area contributed by atoms with Gasteiger partial charge in [0, 0.05) is 0 Å². The van der Waals surface area contributed by atoms with Gasteiger partial charge in [-0.3, -0.25) is 0 Å². The third-order valence-electron chi connectivity index (χ3n) is 4.46. The monoisotopic (exact) mass is 258 g/mol. The molecule has 98 valence electrons. The minimum absolute atomic E-state index is 1.16. The molecule has 0 aliphatic heterocycles.